The molecular weight excluding hydrogens is 218 g/mol. The molecule has 0 spiro atoms. The molecule has 5 heteroatoms. The van der Waals surface area contributed by atoms with E-state index >= 15 is 0 Å². The zero-order chi connectivity index (χ0) is 11.8. The number of carbonyl (C=O) groups excluding carboxylic acids is 1. The van der Waals surface area contributed by atoms with Crippen LogP contribution in [0.1, 0.15) is 10.6 Å². The van der Waals surface area contributed by atoms with Crippen LogP contribution in [0.5, 0.6) is 0 Å². The lowest BCUT2D eigenvalue weighted by molar-refractivity contribution is 0.0764. The number of furan rings is 1. The van der Waals surface area contributed by atoms with Gasteiger partial charge in [-0.3, -0.25) is 9.79 Å². The molecule has 3 rings (SSSR count). The minimum Gasteiger partial charge on any atom is -0.459 e. The molecule has 0 radical (unpaired) electrons. The Morgan fingerprint density at radius 1 is 1.53 bits per heavy atom. The Morgan fingerprint density at radius 2 is 2.41 bits per heavy atom. The van der Waals surface area contributed by atoms with Gasteiger partial charge in [-0.1, -0.05) is 0 Å². The van der Waals surface area contributed by atoms with Gasteiger partial charge < -0.3 is 14.6 Å². The maximum Gasteiger partial charge on any atom is 0.290 e. The van der Waals surface area contributed by atoms with Crippen molar-refractivity contribution in [2.24, 2.45) is 4.99 Å². The monoisotopic (exact) mass is 231 g/mol. The van der Waals surface area contributed by atoms with E-state index in [1.165, 1.54) is 11.8 Å². The summed E-state index contributed by atoms with van der Waals surface area (Å²) >= 11 is 0. The summed E-state index contributed by atoms with van der Waals surface area (Å²) in [6.45, 7) is 2.08. The van der Waals surface area contributed by atoms with Gasteiger partial charge in [-0.15, -0.1) is 0 Å². The Hall–Kier alpha value is -2.04. The minimum absolute atomic E-state index is 0.0557. The topological polar surface area (TPSA) is 57.8 Å². The number of carbonyl (C=O) groups is 1. The number of aliphatic imine (C=N–C) groups is 1. The van der Waals surface area contributed by atoms with E-state index in [0.29, 0.717) is 18.8 Å². The molecule has 2 aliphatic rings. The molecule has 2 aliphatic heterocycles. The van der Waals surface area contributed by atoms with Gasteiger partial charge in [-0.25, -0.2) is 0 Å². The van der Waals surface area contributed by atoms with Gasteiger partial charge in [0.1, 0.15) is 5.84 Å². The quantitative estimate of drug-likeness (QED) is 0.772. The van der Waals surface area contributed by atoms with E-state index in [0.717, 1.165) is 18.0 Å². The summed E-state index contributed by atoms with van der Waals surface area (Å²) in [6.07, 6.45) is 1.52. The number of hydrogen-bond donors (Lipinski definition) is 1. The predicted octanol–water partition coefficient (Wildman–Crippen LogP) is 0.663. The van der Waals surface area contributed by atoms with Crippen molar-refractivity contribution in [2.75, 3.05) is 26.7 Å². The van der Waals surface area contributed by atoms with Crippen LogP contribution in [-0.4, -0.2) is 43.3 Å². The standard InChI is InChI=1S/C12H13N3O2/c1-13-11-9-7-15(6-8(9)5-14-11)12(16)10-3-2-4-17-10/h2-4H,5-7H2,1H3,(H,13,14). The van der Waals surface area contributed by atoms with E-state index in [1.54, 1.807) is 24.1 Å². The maximum absolute atomic E-state index is 12.1. The molecule has 0 aromatic carbocycles. The van der Waals surface area contributed by atoms with Crippen molar-refractivity contribution in [1.29, 1.82) is 0 Å². The fourth-order valence-electron chi connectivity index (χ4n) is 2.30. The highest BCUT2D eigenvalue weighted by molar-refractivity contribution is 6.04. The van der Waals surface area contributed by atoms with E-state index in [-0.39, 0.29) is 5.91 Å². The van der Waals surface area contributed by atoms with E-state index in [9.17, 15) is 4.79 Å². The second-order valence-corrected chi connectivity index (χ2v) is 4.15. The highest BCUT2D eigenvalue weighted by atomic mass is 16.3. The molecule has 0 saturated heterocycles. The molecule has 17 heavy (non-hydrogen) atoms. The van der Waals surface area contributed by atoms with Crippen LogP contribution in [0.25, 0.3) is 0 Å². The Bertz CT molecular complexity index is 514. The summed E-state index contributed by atoms with van der Waals surface area (Å²) < 4.78 is 5.13. The first-order chi connectivity index (χ1) is 8.29. The Morgan fingerprint density at radius 3 is 3.12 bits per heavy atom. The molecule has 5 nitrogen and oxygen atoms in total. The zero-order valence-corrected chi connectivity index (χ0v) is 9.56. The molecule has 3 heterocycles. The van der Waals surface area contributed by atoms with Crippen LogP contribution in [0.3, 0.4) is 0 Å². The number of nitrogens with zero attached hydrogens (tertiary/aromatic N) is 2. The van der Waals surface area contributed by atoms with Crippen molar-refractivity contribution >= 4 is 11.7 Å². The fourth-order valence-corrected chi connectivity index (χ4v) is 2.30. The van der Waals surface area contributed by atoms with Gasteiger partial charge in [0, 0.05) is 25.7 Å². The normalized spacial score (nSPS) is 21.0. The first kappa shape index (κ1) is 10.1. The molecule has 1 aromatic rings. The van der Waals surface area contributed by atoms with Gasteiger partial charge >= 0.3 is 0 Å². The summed E-state index contributed by atoms with van der Waals surface area (Å²) in [6, 6.07) is 3.42. The van der Waals surface area contributed by atoms with Gasteiger partial charge in [-0.05, 0) is 17.7 Å². The summed E-state index contributed by atoms with van der Waals surface area (Å²) in [5.74, 6) is 1.25. The third-order valence-electron chi connectivity index (χ3n) is 3.16. The third-order valence-corrected chi connectivity index (χ3v) is 3.16. The van der Waals surface area contributed by atoms with Gasteiger partial charge in [0.05, 0.1) is 12.8 Å². The van der Waals surface area contributed by atoms with Crippen molar-refractivity contribution in [1.82, 2.24) is 10.2 Å². The Balaban J connectivity index is 1.78. The largest absolute Gasteiger partial charge is 0.459 e. The summed E-state index contributed by atoms with van der Waals surface area (Å²) in [7, 11) is 1.76. The fraction of sp³-hybridized carbons (Fsp3) is 0.333. The van der Waals surface area contributed by atoms with Crippen molar-refractivity contribution in [2.45, 2.75) is 0 Å². The zero-order valence-electron chi connectivity index (χ0n) is 9.56. The van der Waals surface area contributed by atoms with Crippen LogP contribution in [-0.2, 0) is 0 Å². The highest BCUT2D eigenvalue weighted by Gasteiger charge is 2.32. The summed E-state index contributed by atoms with van der Waals surface area (Å²) in [5, 5.41) is 3.22. The lowest BCUT2D eigenvalue weighted by Gasteiger charge is -2.17. The van der Waals surface area contributed by atoms with Crippen molar-refractivity contribution in [3.8, 4) is 0 Å². The summed E-state index contributed by atoms with van der Waals surface area (Å²) in [5.41, 5.74) is 2.41. The first-order valence-electron chi connectivity index (χ1n) is 5.54. The Labute approximate surface area is 98.8 Å². The lowest BCUT2D eigenvalue weighted by Crippen LogP contribution is -2.34. The van der Waals surface area contributed by atoms with E-state index < -0.39 is 0 Å². The van der Waals surface area contributed by atoms with Crippen LogP contribution in [0, 0.1) is 0 Å². The molecule has 88 valence electrons. The predicted molar refractivity (Wildman–Crippen MR) is 63.0 cm³/mol. The smallest absolute Gasteiger partial charge is 0.290 e. The first-order valence-corrected chi connectivity index (χ1v) is 5.54. The van der Waals surface area contributed by atoms with Crippen LogP contribution >= 0.6 is 0 Å². The number of amidine groups is 1. The molecule has 0 unspecified atom stereocenters. The maximum atomic E-state index is 12.1. The van der Waals surface area contributed by atoms with Crippen LogP contribution in [0.4, 0.5) is 0 Å². The van der Waals surface area contributed by atoms with Crippen LogP contribution < -0.4 is 5.32 Å². The van der Waals surface area contributed by atoms with E-state index in [4.69, 9.17) is 4.42 Å². The second kappa shape index (κ2) is 3.76. The summed E-state index contributed by atoms with van der Waals surface area (Å²) in [4.78, 5) is 18.0. The van der Waals surface area contributed by atoms with Crippen molar-refractivity contribution < 1.29 is 9.21 Å². The molecular formula is C12H13N3O2. The third kappa shape index (κ3) is 1.54. The van der Waals surface area contributed by atoms with Crippen molar-refractivity contribution in [3.63, 3.8) is 0 Å². The Kier molecular flexibility index (Phi) is 2.24. The van der Waals surface area contributed by atoms with Gasteiger partial charge in [0.25, 0.3) is 5.91 Å². The lowest BCUT2D eigenvalue weighted by atomic mass is 10.2. The number of nitrogens with one attached hydrogen (secondary N) is 1. The van der Waals surface area contributed by atoms with Gasteiger partial charge in [-0.2, -0.15) is 0 Å². The van der Waals surface area contributed by atoms with E-state index in [2.05, 4.69) is 10.3 Å². The number of hydrogen-bond acceptors (Lipinski definition) is 3. The average Bonchev–Trinajstić information content (AvgIpc) is 3.04. The minimum atomic E-state index is -0.0557. The molecule has 0 bridgehead atoms. The van der Waals surface area contributed by atoms with Crippen LogP contribution in [0.2, 0.25) is 0 Å². The highest BCUT2D eigenvalue weighted by Crippen LogP contribution is 2.23. The van der Waals surface area contributed by atoms with E-state index in [1.807, 2.05) is 0 Å². The number of amides is 1. The van der Waals surface area contributed by atoms with Crippen LogP contribution in [0.15, 0.2) is 39.0 Å². The molecule has 1 amide bonds. The average molecular weight is 231 g/mol. The molecule has 0 fully saturated rings. The second-order valence-electron chi connectivity index (χ2n) is 4.15. The van der Waals surface area contributed by atoms with Gasteiger partial charge in [0.2, 0.25) is 0 Å². The molecule has 1 aromatic heterocycles. The van der Waals surface area contributed by atoms with Gasteiger partial charge in [0.15, 0.2) is 5.76 Å². The molecule has 0 aliphatic carbocycles. The molecule has 0 saturated carbocycles. The molecule has 0 atom stereocenters. The number of rotatable bonds is 1. The molecule has 1 N–H and O–H groups in total. The van der Waals surface area contributed by atoms with Crippen molar-refractivity contribution in [3.05, 3.63) is 35.3 Å². The SMILES string of the molecule is CN=C1NCC2=C1CN(C(=O)c1ccco1)C2.